The minimum atomic E-state index is -0.506. The lowest BCUT2D eigenvalue weighted by Crippen LogP contribution is -2.40. The molecule has 2 amide bonds. The number of ether oxygens (including phenoxy) is 2. The van der Waals surface area contributed by atoms with Gasteiger partial charge in [0.1, 0.15) is 12.2 Å². The number of benzene rings is 1. The van der Waals surface area contributed by atoms with Crippen molar-refractivity contribution in [3.05, 3.63) is 66.3 Å². The first-order chi connectivity index (χ1) is 14.7. The molecule has 0 radical (unpaired) electrons. The number of amides is 2. The Morgan fingerprint density at radius 2 is 1.84 bits per heavy atom. The van der Waals surface area contributed by atoms with Crippen molar-refractivity contribution in [1.82, 2.24) is 10.2 Å². The van der Waals surface area contributed by atoms with Crippen molar-refractivity contribution in [2.45, 2.75) is 38.3 Å². The molecule has 3 atom stereocenters. The average molecular weight is 423 g/mol. The van der Waals surface area contributed by atoms with Gasteiger partial charge in [0.2, 0.25) is 0 Å². The van der Waals surface area contributed by atoms with Crippen LogP contribution >= 0.6 is 0 Å². The van der Waals surface area contributed by atoms with Crippen molar-refractivity contribution in [3.8, 4) is 0 Å². The molecule has 1 heterocycles. The highest BCUT2D eigenvalue weighted by Gasteiger charge is 2.58. The molecule has 2 fully saturated rings. The summed E-state index contributed by atoms with van der Waals surface area (Å²) >= 11 is 0. The van der Waals surface area contributed by atoms with Crippen LogP contribution in [0.5, 0.6) is 0 Å². The number of fused-ring (bicyclic) bond motifs is 2. The van der Waals surface area contributed by atoms with Gasteiger partial charge in [0.15, 0.2) is 0 Å². The van der Waals surface area contributed by atoms with Crippen LogP contribution in [0.25, 0.3) is 5.57 Å². The molecule has 4 rings (SSSR count). The predicted molar refractivity (Wildman–Crippen MR) is 120 cm³/mol. The largest absolute Gasteiger partial charge is 0.449 e. The van der Waals surface area contributed by atoms with Crippen LogP contribution in [0.4, 0.5) is 9.59 Å². The minimum absolute atomic E-state index is 0.0474. The normalized spacial score (nSPS) is 26.1. The van der Waals surface area contributed by atoms with E-state index < -0.39 is 11.7 Å². The van der Waals surface area contributed by atoms with Crippen LogP contribution in [0, 0.1) is 11.8 Å². The number of hydrogen-bond acceptors (Lipinski definition) is 4. The van der Waals surface area contributed by atoms with E-state index in [1.165, 1.54) is 0 Å². The SMILES string of the molecule is C=CC1=C(C=C)C(COC(=O)NC2C3CN(C(=O)OC(C)(C)C)CC32)c2ccccc21. The van der Waals surface area contributed by atoms with E-state index in [0.717, 1.165) is 22.3 Å². The summed E-state index contributed by atoms with van der Waals surface area (Å²) in [7, 11) is 0. The molecule has 1 aliphatic heterocycles. The Morgan fingerprint density at radius 3 is 2.45 bits per heavy atom. The number of carbonyl (C=O) groups is 2. The smallest absolute Gasteiger partial charge is 0.410 e. The van der Waals surface area contributed by atoms with E-state index in [1.807, 2.05) is 45.1 Å². The molecule has 6 heteroatoms. The molecule has 3 aliphatic rings. The summed E-state index contributed by atoms with van der Waals surface area (Å²) in [6.07, 6.45) is 2.94. The van der Waals surface area contributed by atoms with Crippen LogP contribution in [0.15, 0.2) is 55.1 Å². The second kappa shape index (κ2) is 7.91. The van der Waals surface area contributed by atoms with Gasteiger partial charge in [0, 0.05) is 36.9 Å². The Labute approximate surface area is 183 Å². The first kappa shape index (κ1) is 21.2. The van der Waals surface area contributed by atoms with Crippen LogP contribution in [-0.4, -0.2) is 48.4 Å². The van der Waals surface area contributed by atoms with Crippen molar-refractivity contribution < 1.29 is 19.1 Å². The van der Waals surface area contributed by atoms with Crippen molar-refractivity contribution in [2.75, 3.05) is 19.7 Å². The monoisotopic (exact) mass is 422 g/mol. The van der Waals surface area contributed by atoms with Crippen LogP contribution in [0.1, 0.15) is 37.8 Å². The molecule has 0 spiro atoms. The fourth-order valence-electron chi connectivity index (χ4n) is 4.77. The number of allylic oxidation sites excluding steroid dienone is 3. The Balaban J connectivity index is 1.29. The van der Waals surface area contributed by atoms with E-state index in [-0.39, 0.29) is 36.5 Å². The maximum absolute atomic E-state index is 12.4. The zero-order valence-electron chi connectivity index (χ0n) is 18.4. The third kappa shape index (κ3) is 4.11. The van der Waals surface area contributed by atoms with Gasteiger partial charge in [-0.15, -0.1) is 0 Å². The quantitative estimate of drug-likeness (QED) is 0.759. The highest BCUT2D eigenvalue weighted by atomic mass is 16.6. The lowest BCUT2D eigenvalue weighted by molar-refractivity contribution is 0.0269. The standard InChI is InChI=1S/C25H30N2O4/c1-6-15-16(7-2)21(18-11-9-8-10-17(15)18)14-30-23(28)26-22-19-12-27(13-20(19)22)24(29)31-25(3,4)5/h6-11,19-22H,1-2,12-14H2,3-5H3,(H,26,28). The van der Waals surface area contributed by atoms with Crippen LogP contribution in [0.3, 0.4) is 0 Å². The number of carbonyl (C=O) groups excluding carboxylic acids is 2. The van der Waals surface area contributed by atoms with E-state index in [9.17, 15) is 9.59 Å². The molecule has 1 saturated heterocycles. The summed E-state index contributed by atoms with van der Waals surface area (Å²) in [5, 5.41) is 2.97. The topological polar surface area (TPSA) is 67.9 Å². The Hall–Kier alpha value is -3.02. The molecule has 1 aromatic carbocycles. The molecular weight excluding hydrogens is 392 g/mol. The van der Waals surface area contributed by atoms with E-state index in [0.29, 0.717) is 13.1 Å². The molecular formula is C25H30N2O4. The van der Waals surface area contributed by atoms with Gasteiger partial charge in [0.05, 0.1) is 0 Å². The maximum atomic E-state index is 12.4. The first-order valence-corrected chi connectivity index (χ1v) is 10.7. The first-order valence-electron chi connectivity index (χ1n) is 10.7. The zero-order valence-corrected chi connectivity index (χ0v) is 18.4. The molecule has 0 bridgehead atoms. The van der Waals surface area contributed by atoms with Crippen LogP contribution < -0.4 is 5.32 Å². The molecule has 3 unspecified atom stereocenters. The minimum Gasteiger partial charge on any atom is -0.449 e. The maximum Gasteiger partial charge on any atom is 0.410 e. The van der Waals surface area contributed by atoms with Crippen molar-refractivity contribution in [2.24, 2.45) is 11.8 Å². The number of likely N-dealkylation sites (tertiary alicyclic amines) is 1. The third-order valence-electron chi connectivity index (χ3n) is 6.25. The number of piperidine rings is 1. The molecule has 1 N–H and O–H groups in total. The lowest BCUT2D eigenvalue weighted by atomic mass is 9.97. The van der Waals surface area contributed by atoms with Gasteiger partial charge >= 0.3 is 12.2 Å². The van der Waals surface area contributed by atoms with Gasteiger partial charge < -0.3 is 19.7 Å². The van der Waals surface area contributed by atoms with Gasteiger partial charge in [0.25, 0.3) is 0 Å². The van der Waals surface area contributed by atoms with E-state index >= 15 is 0 Å². The van der Waals surface area contributed by atoms with Crippen molar-refractivity contribution in [1.29, 1.82) is 0 Å². The molecule has 164 valence electrons. The summed E-state index contributed by atoms with van der Waals surface area (Å²) < 4.78 is 11.0. The molecule has 1 saturated carbocycles. The summed E-state index contributed by atoms with van der Waals surface area (Å²) in [4.78, 5) is 26.4. The third-order valence-corrected chi connectivity index (χ3v) is 6.25. The second-order valence-electron chi connectivity index (χ2n) is 9.40. The Kier molecular flexibility index (Phi) is 5.42. The summed E-state index contributed by atoms with van der Waals surface area (Å²) in [6, 6.07) is 8.14. The summed E-state index contributed by atoms with van der Waals surface area (Å²) in [6.45, 7) is 14.9. The van der Waals surface area contributed by atoms with E-state index in [1.54, 1.807) is 4.90 Å². The van der Waals surface area contributed by atoms with E-state index in [2.05, 4.69) is 30.6 Å². The highest BCUT2D eigenvalue weighted by Crippen LogP contribution is 2.46. The zero-order chi connectivity index (χ0) is 22.3. The molecule has 2 aliphatic carbocycles. The predicted octanol–water partition coefficient (Wildman–Crippen LogP) is 4.50. The van der Waals surface area contributed by atoms with Gasteiger partial charge in [-0.05, 0) is 43.0 Å². The molecule has 6 nitrogen and oxygen atoms in total. The van der Waals surface area contributed by atoms with Crippen molar-refractivity contribution >= 4 is 17.8 Å². The van der Waals surface area contributed by atoms with Gasteiger partial charge in [-0.25, -0.2) is 9.59 Å². The molecule has 1 aromatic rings. The second-order valence-corrected chi connectivity index (χ2v) is 9.40. The van der Waals surface area contributed by atoms with E-state index in [4.69, 9.17) is 9.47 Å². The molecule has 31 heavy (non-hydrogen) atoms. The number of rotatable bonds is 5. The Morgan fingerprint density at radius 1 is 1.16 bits per heavy atom. The number of nitrogens with zero attached hydrogens (tertiary/aromatic N) is 1. The summed E-state index contributed by atoms with van der Waals surface area (Å²) in [5.41, 5.74) is 3.80. The van der Waals surface area contributed by atoms with Gasteiger partial charge in [-0.3, -0.25) is 0 Å². The Bertz CT molecular complexity index is 947. The number of nitrogens with one attached hydrogen (secondary N) is 1. The van der Waals surface area contributed by atoms with Gasteiger partial charge in [-0.2, -0.15) is 0 Å². The van der Waals surface area contributed by atoms with Gasteiger partial charge in [-0.1, -0.05) is 49.6 Å². The molecule has 0 aromatic heterocycles. The fraction of sp³-hybridized carbons (Fsp3) is 0.440. The summed E-state index contributed by atoms with van der Waals surface area (Å²) in [5.74, 6) is 0.486. The fourth-order valence-corrected chi connectivity index (χ4v) is 4.77. The van der Waals surface area contributed by atoms with Crippen LogP contribution in [0.2, 0.25) is 0 Å². The number of hydrogen-bond donors (Lipinski definition) is 1. The number of alkyl carbamates (subject to hydrolysis) is 1. The van der Waals surface area contributed by atoms with Crippen molar-refractivity contribution in [3.63, 3.8) is 0 Å². The van der Waals surface area contributed by atoms with Crippen LogP contribution in [-0.2, 0) is 9.47 Å². The lowest BCUT2D eigenvalue weighted by Gasteiger charge is -2.26. The highest BCUT2D eigenvalue weighted by molar-refractivity contribution is 5.86. The average Bonchev–Trinajstić information content (AvgIpc) is 3.06.